The third kappa shape index (κ3) is 2.11. The Morgan fingerprint density at radius 2 is 1.88 bits per heavy atom. The Bertz CT molecular complexity index is 492. The highest BCUT2D eigenvalue weighted by Crippen LogP contribution is 2.44. The summed E-state index contributed by atoms with van der Waals surface area (Å²) in [7, 11) is 0. The summed E-state index contributed by atoms with van der Waals surface area (Å²) in [6.07, 6.45) is 4.29. The van der Waals surface area contributed by atoms with Crippen LogP contribution in [0.2, 0.25) is 5.02 Å². The van der Waals surface area contributed by atoms with Gasteiger partial charge in [-0.05, 0) is 18.9 Å². The summed E-state index contributed by atoms with van der Waals surface area (Å²) in [5, 5.41) is -0.159. The summed E-state index contributed by atoms with van der Waals surface area (Å²) in [6.45, 7) is 0. The van der Waals surface area contributed by atoms with Crippen molar-refractivity contribution in [3.8, 4) is 0 Å². The van der Waals surface area contributed by atoms with E-state index in [1.165, 1.54) is 12.1 Å². The van der Waals surface area contributed by atoms with Gasteiger partial charge in [0, 0.05) is 11.6 Å². The van der Waals surface area contributed by atoms with Crippen molar-refractivity contribution in [2.75, 3.05) is 0 Å². The molecule has 1 aliphatic rings. The molecule has 0 amide bonds. The number of hydrogen-bond donors (Lipinski definition) is 0. The summed E-state index contributed by atoms with van der Waals surface area (Å²) in [4.78, 5) is 14.2. The smallest absolute Gasteiger partial charge is 0.211 e. The Hall–Kier alpha value is -1.25. The van der Waals surface area contributed by atoms with E-state index in [9.17, 15) is 13.6 Å². The standard InChI is InChI=1S/C12H10ClF2NO/c13-9-5-8(10(14)6-11(9)15)12(16-7-17)3-1-2-4-12/h5-6H,1-4H2. The lowest BCUT2D eigenvalue weighted by Gasteiger charge is -2.23. The number of aliphatic imine (C=N–C) groups is 1. The predicted octanol–water partition coefficient (Wildman–Crippen LogP) is 3.72. The lowest BCUT2D eigenvalue weighted by Crippen LogP contribution is -2.21. The maximum atomic E-state index is 13.8. The maximum absolute atomic E-state index is 13.8. The molecule has 5 heteroatoms. The molecule has 0 unspecified atom stereocenters. The van der Waals surface area contributed by atoms with Crippen LogP contribution in [0, 0.1) is 11.6 Å². The van der Waals surface area contributed by atoms with Crippen LogP contribution in [0.1, 0.15) is 31.2 Å². The van der Waals surface area contributed by atoms with Gasteiger partial charge in [-0.2, -0.15) is 4.99 Å². The monoisotopic (exact) mass is 257 g/mol. The average Bonchev–Trinajstić information content (AvgIpc) is 2.73. The Morgan fingerprint density at radius 3 is 2.47 bits per heavy atom. The summed E-state index contributed by atoms with van der Waals surface area (Å²) in [6, 6.07) is 1.95. The van der Waals surface area contributed by atoms with E-state index in [0.717, 1.165) is 18.9 Å². The molecule has 0 aromatic heterocycles. The second-order valence-corrected chi connectivity index (χ2v) is 4.60. The third-order valence-electron chi connectivity index (χ3n) is 3.20. The van der Waals surface area contributed by atoms with Crippen molar-refractivity contribution in [2.45, 2.75) is 31.2 Å². The molecule has 0 spiro atoms. The molecule has 2 nitrogen and oxygen atoms in total. The highest BCUT2D eigenvalue weighted by Gasteiger charge is 2.38. The molecule has 0 radical (unpaired) electrons. The second-order valence-electron chi connectivity index (χ2n) is 4.19. The molecule has 1 aliphatic carbocycles. The maximum Gasteiger partial charge on any atom is 0.235 e. The van der Waals surface area contributed by atoms with Crippen molar-refractivity contribution in [3.63, 3.8) is 0 Å². The van der Waals surface area contributed by atoms with Crippen LogP contribution in [-0.4, -0.2) is 6.08 Å². The first-order valence-corrected chi connectivity index (χ1v) is 5.71. The van der Waals surface area contributed by atoms with E-state index in [0.29, 0.717) is 12.8 Å². The van der Waals surface area contributed by atoms with Gasteiger partial charge in [-0.3, -0.25) is 0 Å². The van der Waals surface area contributed by atoms with Crippen molar-refractivity contribution in [2.24, 2.45) is 4.99 Å². The molecule has 1 saturated carbocycles. The Balaban J connectivity index is 2.57. The molecule has 90 valence electrons. The number of halogens is 3. The van der Waals surface area contributed by atoms with Crippen LogP contribution in [0.15, 0.2) is 17.1 Å². The third-order valence-corrected chi connectivity index (χ3v) is 3.49. The molecule has 17 heavy (non-hydrogen) atoms. The van der Waals surface area contributed by atoms with Crippen molar-refractivity contribution < 1.29 is 13.6 Å². The van der Waals surface area contributed by atoms with Crippen molar-refractivity contribution >= 4 is 17.7 Å². The number of nitrogens with zero attached hydrogens (tertiary/aromatic N) is 1. The summed E-state index contributed by atoms with van der Waals surface area (Å²) in [5.41, 5.74) is -0.729. The number of isocyanates is 1. The van der Waals surface area contributed by atoms with E-state index in [1.54, 1.807) is 0 Å². The molecule has 1 aromatic carbocycles. The van der Waals surface area contributed by atoms with Gasteiger partial charge in [-0.1, -0.05) is 24.4 Å². The number of rotatable bonds is 2. The minimum Gasteiger partial charge on any atom is -0.211 e. The van der Waals surface area contributed by atoms with E-state index < -0.39 is 17.2 Å². The number of benzene rings is 1. The van der Waals surface area contributed by atoms with Gasteiger partial charge < -0.3 is 0 Å². The fraction of sp³-hybridized carbons (Fsp3) is 0.417. The topological polar surface area (TPSA) is 29.4 Å². The molecule has 0 heterocycles. The van der Waals surface area contributed by atoms with Crippen LogP contribution in [0.4, 0.5) is 8.78 Å². The lowest BCUT2D eigenvalue weighted by atomic mass is 9.88. The van der Waals surface area contributed by atoms with Crippen molar-refractivity contribution in [1.29, 1.82) is 0 Å². The summed E-state index contributed by atoms with van der Waals surface area (Å²) in [5.74, 6) is -1.52. The van der Waals surface area contributed by atoms with Gasteiger partial charge in [0.05, 0.1) is 5.02 Å². The van der Waals surface area contributed by atoms with Crippen LogP contribution in [0.25, 0.3) is 0 Å². The first-order valence-electron chi connectivity index (χ1n) is 5.33. The largest absolute Gasteiger partial charge is 0.235 e. The molecule has 1 fully saturated rings. The van der Waals surface area contributed by atoms with Gasteiger partial charge in [0.2, 0.25) is 6.08 Å². The predicted molar refractivity (Wildman–Crippen MR) is 59.6 cm³/mol. The molecule has 0 saturated heterocycles. The second kappa shape index (κ2) is 4.55. The van der Waals surface area contributed by atoms with E-state index in [1.807, 2.05) is 0 Å². The lowest BCUT2D eigenvalue weighted by molar-refractivity contribution is 0.428. The quantitative estimate of drug-likeness (QED) is 0.451. The Kier molecular flexibility index (Phi) is 3.27. The Labute approximate surface area is 102 Å². The molecule has 0 bridgehead atoms. The van der Waals surface area contributed by atoms with Gasteiger partial charge in [-0.25, -0.2) is 13.6 Å². The van der Waals surface area contributed by atoms with Crippen LogP contribution in [0.3, 0.4) is 0 Å². The van der Waals surface area contributed by atoms with Gasteiger partial charge >= 0.3 is 0 Å². The fourth-order valence-electron chi connectivity index (χ4n) is 2.37. The van der Waals surface area contributed by atoms with Gasteiger partial charge in [0.25, 0.3) is 0 Å². The summed E-state index contributed by atoms with van der Waals surface area (Å²) < 4.78 is 26.8. The van der Waals surface area contributed by atoms with E-state index >= 15 is 0 Å². The van der Waals surface area contributed by atoms with Crippen LogP contribution < -0.4 is 0 Å². The van der Waals surface area contributed by atoms with Crippen LogP contribution in [-0.2, 0) is 10.3 Å². The minimum atomic E-state index is -0.914. The zero-order valence-corrected chi connectivity index (χ0v) is 9.73. The number of carbonyl (C=O) groups excluding carboxylic acids is 1. The average molecular weight is 258 g/mol. The molecule has 0 atom stereocenters. The van der Waals surface area contributed by atoms with Crippen LogP contribution in [0.5, 0.6) is 0 Å². The van der Waals surface area contributed by atoms with Gasteiger partial charge in [0.15, 0.2) is 0 Å². The van der Waals surface area contributed by atoms with E-state index in [2.05, 4.69) is 4.99 Å². The fourth-order valence-corrected chi connectivity index (χ4v) is 2.53. The molecule has 0 N–H and O–H groups in total. The van der Waals surface area contributed by atoms with E-state index in [-0.39, 0.29) is 10.6 Å². The minimum absolute atomic E-state index is 0.159. The molecular formula is C12H10ClF2NO. The first-order chi connectivity index (χ1) is 8.09. The molecule has 1 aromatic rings. The molecular weight excluding hydrogens is 248 g/mol. The first kappa shape index (κ1) is 12.2. The SMILES string of the molecule is O=C=NC1(c2cc(Cl)c(F)cc2F)CCCC1. The molecule has 0 aliphatic heterocycles. The Morgan fingerprint density at radius 1 is 1.24 bits per heavy atom. The zero-order chi connectivity index (χ0) is 12.5. The van der Waals surface area contributed by atoms with Crippen molar-refractivity contribution in [3.05, 3.63) is 34.4 Å². The van der Waals surface area contributed by atoms with Crippen molar-refractivity contribution in [1.82, 2.24) is 0 Å². The summed E-state index contributed by atoms with van der Waals surface area (Å²) >= 11 is 5.64. The highest BCUT2D eigenvalue weighted by molar-refractivity contribution is 6.30. The van der Waals surface area contributed by atoms with Gasteiger partial charge in [-0.15, -0.1) is 0 Å². The van der Waals surface area contributed by atoms with Gasteiger partial charge in [0.1, 0.15) is 17.2 Å². The normalized spacial score (nSPS) is 17.8. The number of hydrogen-bond acceptors (Lipinski definition) is 2. The molecule has 2 rings (SSSR count). The van der Waals surface area contributed by atoms with E-state index in [4.69, 9.17) is 11.6 Å². The zero-order valence-electron chi connectivity index (χ0n) is 8.97. The van der Waals surface area contributed by atoms with Crippen LogP contribution >= 0.6 is 11.6 Å². The highest BCUT2D eigenvalue weighted by atomic mass is 35.5.